The predicted octanol–water partition coefficient (Wildman–Crippen LogP) is 2.14. The third kappa shape index (κ3) is 2.88. The number of methoxy groups -OCH3 is 2. The molecule has 0 unspecified atom stereocenters. The highest BCUT2D eigenvalue weighted by atomic mass is 16.5. The van der Waals surface area contributed by atoms with Crippen LogP contribution < -0.4 is 14.4 Å². The summed E-state index contributed by atoms with van der Waals surface area (Å²) >= 11 is 0. The summed E-state index contributed by atoms with van der Waals surface area (Å²) in [6.45, 7) is 2.32. The fraction of sp³-hybridized carbons (Fsp3) is 0.500. The van der Waals surface area contributed by atoms with Crippen molar-refractivity contribution in [1.82, 2.24) is 0 Å². The van der Waals surface area contributed by atoms with Crippen LogP contribution in [0.5, 0.6) is 11.5 Å². The van der Waals surface area contributed by atoms with Gasteiger partial charge >= 0.3 is 0 Å². The highest BCUT2D eigenvalue weighted by Gasteiger charge is 2.19. The quantitative estimate of drug-likeness (QED) is 0.602. The van der Waals surface area contributed by atoms with E-state index in [2.05, 4.69) is 9.89 Å². The first-order valence-electron chi connectivity index (χ1n) is 6.33. The summed E-state index contributed by atoms with van der Waals surface area (Å²) in [7, 11) is 3.26. The molecule has 0 radical (unpaired) electrons. The Labute approximate surface area is 112 Å². The molecule has 19 heavy (non-hydrogen) atoms. The van der Waals surface area contributed by atoms with Gasteiger partial charge in [0.25, 0.3) is 0 Å². The normalized spacial score (nSPS) is 14.1. The molecule has 1 saturated heterocycles. The van der Waals surface area contributed by atoms with Gasteiger partial charge in [0.05, 0.1) is 26.5 Å². The maximum Gasteiger partial charge on any atom is 0.235 e. The van der Waals surface area contributed by atoms with Crippen molar-refractivity contribution in [3.05, 3.63) is 17.7 Å². The molecule has 102 valence electrons. The van der Waals surface area contributed by atoms with Gasteiger partial charge in [0, 0.05) is 24.7 Å². The first kappa shape index (κ1) is 13.4. The van der Waals surface area contributed by atoms with Gasteiger partial charge in [-0.05, 0) is 18.9 Å². The van der Waals surface area contributed by atoms with Crippen molar-refractivity contribution >= 4 is 11.8 Å². The van der Waals surface area contributed by atoms with Gasteiger partial charge in [0.15, 0.2) is 0 Å². The molecule has 0 aliphatic carbocycles. The van der Waals surface area contributed by atoms with Crippen LogP contribution in [0.2, 0.25) is 0 Å². The summed E-state index contributed by atoms with van der Waals surface area (Å²) in [6.07, 6.45) is 3.94. The van der Waals surface area contributed by atoms with E-state index in [1.54, 1.807) is 20.3 Å². The molecule has 0 amide bonds. The van der Waals surface area contributed by atoms with Crippen molar-refractivity contribution in [3.63, 3.8) is 0 Å². The average Bonchev–Trinajstić information content (AvgIpc) is 2.98. The summed E-state index contributed by atoms with van der Waals surface area (Å²) in [5.41, 5.74) is 1.86. The second kappa shape index (κ2) is 6.25. The van der Waals surface area contributed by atoms with E-state index < -0.39 is 0 Å². The van der Waals surface area contributed by atoms with Crippen LogP contribution in [-0.4, -0.2) is 33.4 Å². The van der Waals surface area contributed by atoms with Crippen molar-refractivity contribution in [2.45, 2.75) is 19.4 Å². The minimum Gasteiger partial charge on any atom is -0.496 e. The highest BCUT2D eigenvalue weighted by molar-refractivity contribution is 5.64. The summed E-state index contributed by atoms with van der Waals surface area (Å²) in [4.78, 5) is 16.1. The number of nitrogens with zero attached hydrogens (tertiary/aromatic N) is 2. The van der Waals surface area contributed by atoms with Gasteiger partial charge in [0.2, 0.25) is 6.08 Å². The van der Waals surface area contributed by atoms with E-state index in [9.17, 15) is 4.79 Å². The van der Waals surface area contributed by atoms with Crippen LogP contribution in [0, 0.1) is 0 Å². The van der Waals surface area contributed by atoms with E-state index >= 15 is 0 Å². The molecule has 0 N–H and O–H groups in total. The number of carbonyl (C=O) groups excluding carboxylic acids is 1. The fourth-order valence-corrected chi connectivity index (χ4v) is 2.39. The lowest BCUT2D eigenvalue weighted by Crippen LogP contribution is -2.18. The molecule has 0 aromatic heterocycles. The molecule has 0 atom stereocenters. The largest absolute Gasteiger partial charge is 0.496 e. The minimum atomic E-state index is 0.253. The van der Waals surface area contributed by atoms with Crippen molar-refractivity contribution in [2.24, 2.45) is 4.99 Å². The molecule has 1 aromatic rings. The van der Waals surface area contributed by atoms with Crippen LogP contribution in [0.15, 0.2) is 17.1 Å². The Morgan fingerprint density at radius 1 is 1.21 bits per heavy atom. The third-order valence-electron chi connectivity index (χ3n) is 3.34. The molecule has 1 aromatic carbocycles. The third-order valence-corrected chi connectivity index (χ3v) is 3.34. The Balaban J connectivity index is 2.40. The fourth-order valence-electron chi connectivity index (χ4n) is 2.39. The van der Waals surface area contributed by atoms with Crippen LogP contribution in [0.3, 0.4) is 0 Å². The summed E-state index contributed by atoms with van der Waals surface area (Å²) in [6, 6.07) is 3.84. The molecule has 1 heterocycles. The van der Waals surface area contributed by atoms with Gasteiger partial charge in [-0.15, -0.1) is 0 Å². The number of aliphatic imine (C=N–C) groups is 1. The maximum absolute atomic E-state index is 10.2. The minimum absolute atomic E-state index is 0.253. The highest BCUT2D eigenvalue weighted by Crippen LogP contribution is 2.37. The van der Waals surface area contributed by atoms with Crippen molar-refractivity contribution in [1.29, 1.82) is 0 Å². The number of rotatable bonds is 5. The molecule has 5 heteroatoms. The Kier molecular flexibility index (Phi) is 4.42. The van der Waals surface area contributed by atoms with Crippen LogP contribution in [0.1, 0.15) is 18.4 Å². The number of ether oxygens (including phenoxy) is 2. The summed E-state index contributed by atoms with van der Waals surface area (Å²) in [5.74, 6) is 1.51. The van der Waals surface area contributed by atoms with E-state index in [1.165, 1.54) is 12.8 Å². The Bertz CT molecular complexity index is 490. The van der Waals surface area contributed by atoms with Crippen LogP contribution in [0.4, 0.5) is 5.69 Å². The van der Waals surface area contributed by atoms with Crippen molar-refractivity contribution in [3.8, 4) is 11.5 Å². The lowest BCUT2D eigenvalue weighted by atomic mass is 10.1. The zero-order valence-electron chi connectivity index (χ0n) is 11.3. The van der Waals surface area contributed by atoms with Crippen LogP contribution in [-0.2, 0) is 11.3 Å². The topological polar surface area (TPSA) is 51.1 Å². The molecule has 1 aliphatic heterocycles. The van der Waals surface area contributed by atoms with E-state index in [-0.39, 0.29) is 6.54 Å². The van der Waals surface area contributed by atoms with Gasteiger partial charge in [-0.1, -0.05) is 0 Å². The Morgan fingerprint density at radius 2 is 1.89 bits per heavy atom. The van der Waals surface area contributed by atoms with Crippen molar-refractivity contribution in [2.75, 3.05) is 32.2 Å². The molecule has 0 bridgehead atoms. The zero-order chi connectivity index (χ0) is 13.7. The predicted molar refractivity (Wildman–Crippen MR) is 72.8 cm³/mol. The van der Waals surface area contributed by atoms with Crippen molar-refractivity contribution < 1.29 is 14.3 Å². The van der Waals surface area contributed by atoms with Crippen LogP contribution >= 0.6 is 0 Å². The molecule has 0 saturated carbocycles. The smallest absolute Gasteiger partial charge is 0.235 e. The van der Waals surface area contributed by atoms with Gasteiger partial charge < -0.3 is 14.4 Å². The van der Waals surface area contributed by atoms with Gasteiger partial charge in [0.1, 0.15) is 11.5 Å². The average molecular weight is 262 g/mol. The monoisotopic (exact) mass is 262 g/mol. The van der Waals surface area contributed by atoms with Gasteiger partial charge in [-0.25, -0.2) is 9.79 Å². The lowest BCUT2D eigenvalue weighted by molar-refractivity contribution is 0.399. The number of benzene rings is 1. The van der Waals surface area contributed by atoms with E-state index in [0.29, 0.717) is 0 Å². The maximum atomic E-state index is 10.2. The van der Waals surface area contributed by atoms with Gasteiger partial charge in [-0.3, -0.25) is 0 Å². The number of anilines is 1. The van der Waals surface area contributed by atoms with E-state index in [1.807, 2.05) is 12.1 Å². The molecule has 5 nitrogen and oxygen atoms in total. The summed E-state index contributed by atoms with van der Waals surface area (Å²) in [5, 5.41) is 0. The molecule has 1 aliphatic rings. The standard InChI is InChI=1S/C14H18N2O3/c1-18-13-8-12(16-5-3-4-6-16)14(19-2)7-11(13)9-15-10-17/h7-8H,3-6,9H2,1-2H3. The SMILES string of the molecule is COc1cc(N2CCCC2)c(OC)cc1CN=C=O. The lowest BCUT2D eigenvalue weighted by Gasteiger charge is -2.22. The summed E-state index contributed by atoms with van der Waals surface area (Å²) < 4.78 is 10.8. The Hall–Kier alpha value is -2.00. The van der Waals surface area contributed by atoms with E-state index in [4.69, 9.17) is 9.47 Å². The zero-order valence-corrected chi connectivity index (χ0v) is 11.3. The first-order valence-corrected chi connectivity index (χ1v) is 6.33. The number of hydrogen-bond acceptors (Lipinski definition) is 5. The second-order valence-corrected chi connectivity index (χ2v) is 4.44. The molecule has 2 rings (SSSR count). The van der Waals surface area contributed by atoms with Crippen LogP contribution in [0.25, 0.3) is 0 Å². The Morgan fingerprint density at radius 3 is 2.47 bits per heavy atom. The first-order chi connectivity index (χ1) is 9.30. The number of hydrogen-bond donors (Lipinski definition) is 0. The molecular weight excluding hydrogens is 244 g/mol. The molecule has 0 spiro atoms. The molecule has 1 fully saturated rings. The number of isocyanates is 1. The molecular formula is C14H18N2O3. The van der Waals surface area contributed by atoms with E-state index in [0.717, 1.165) is 35.8 Å². The van der Waals surface area contributed by atoms with Gasteiger partial charge in [-0.2, -0.15) is 0 Å². The second-order valence-electron chi connectivity index (χ2n) is 4.44.